The Labute approximate surface area is 133 Å². The van der Waals surface area contributed by atoms with Crippen LogP contribution in [0.3, 0.4) is 0 Å². The van der Waals surface area contributed by atoms with Crippen LogP contribution in [0.15, 0.2) is 29.3 Å². The molecule has 0 spiro atoms. The van der Waals surface area contributed by atoms with Crippen molar-refractivity contribution in [3.8, 4) is 0 Å². The van der Waals surface area contributed by atoms with Gasteiger partial charge in [0.2, 0.25) is 11.8 Å². The summed E-state index contributed by atoms with van der Waals surface area (Å²) in [7, 11) is 0. The van der Waals surface area contributed by atoms with E-state index in [4.69, 9.17) is 0 Å². The van der Waals surface area contributed by atoms with Gasteiger partial charge < -0.3 is 10.6 Å². The Morgan fingerprint density at radius 3 is 2.70 bits per heavy atom. The molecule has 122 valence electrons. The summed E-state index contributed by atoms with van der Waals surface area (Å²) in [6.45, 7) is 5.25. The maximum Gasteiger partial charge on any atom is 0.261 e. The van der Waals surface area contributed by atoms with Gasteiger partial charge in [0.25, 0.3) is 5.56 Å². The normalized spacial score (nSPS) is 10.8. The summed E-state index contributed by atoms with van der Waals surface area (Å²) in [5.41, 5.74) is 1.26. The predicted octanol–water partition coefficient (Wildman–Crippen LogP) is 0.346. The van der Waals surface area contributed by atoms with Crippen LogP contribution in [0.1, 0.15) is 19.4 Å². The Morgan fingerprint density at radius 1 is 1.26 bits per heavy atom. The largest absolute Gasteiger partial charge is 0.352 e. The topological polar surface area (TPSA) is 93.1 Å². The number of para-hydroxylation sites is 1. The first-order chi connectivity index (χ1) is 10.9. The minimum atomic E-state index is -0.417. The maximum atomic E-state index is 12.4. The van der Waals surface area contributed by atoms with Gasteiger partial charge in [0.1, 0.15) is 6.54 Å². The smallest absolute Gasteiger partial charge is 0.261 e. The first kappa shape index (κ1) is 16.7. The summed E-state index contributed by atoms with van der Waals surface area (Å²) in [6.07, 6.45) is 1.35. The molecule has 23 heavy (non-hydrogen) atoms. The van der Waals surface area contributed by atoms with Crippen LogP contribution < -0.4 is 16.2 Å². The van der Waals surface area contributed by atoms with Crippen LogP contribution in [0, 0.1) is 6.92 Å². The van der Waals surface area contributed by atoms with Crippen molar-refractivity contribution in [2.75, 3.05) is 6.54 Å². The van der Waals surface area contributed by atoms with Crippen molar-refractivity contribution in [2.24, 2.45) is 0 Å². The molecule has 0 atom stereocenters. The lowest BCUT2D eigenvalue weighted by Crippen LogP contribution is -2.41. The second-order valence-corrected chi connectivity index (χ2v) is 5.65. The molecule has 0 fully saturated rings. The standard InChI is InChI=1S/C16H20N4O3/c1-10(2)19-13(21)7-17-14(22)8-20-9-18-15-11(3)5-4-6-12(15)16(20)23/h4-6,9-10H,7-8H2,1-3H3,(H,17,22)(H,19,21). The third kappa shape index (κ3) is 4.15. The third-order valence-corrected chi connectivity index (χ3v) is 3.26. The summed E-state index contributed by atoms with van der Waals surface area (Å²) >= 11 is 0. The fraction of sp³-hybridized carbons (Fsp3) is 0.375. The molecule has 7 nitrogen and oxygen atoms in total. The van der Waals surface area contributed by atoms with E-state index >= 15 is 0 Å². The van der Waals surface area contributed by atoms with Crippen LogP contribution in [-0.2, 0) is 16.1 Å². The van der Waals surface area contributed by atoms with Gasteiger partial charge in [-0.2, -0.15) is 0 Å². The highest BCUT2D eigenvalue weighted by Gasteiger charge is 2.10. The van der Waals surface area contributed by atoms with Gasteiger partial charge >= 0.3 is 0 Å². The number of hydrogen-bond acceptors (Lipinski definition) is 4. The van der Waals surface area contributed by atoms with Crippen LogP contribution in [-0.4, -0.2) is 34.0 Å². The van der Waals surface area contributed by atoms with E-state index in [1.54, 1.807) is 12.1 Å². The highest BCUT2D eigenvalue weighted by molar-refractivity contribution is 5.85. The van der Waals surface area contributed by atoms with Crippen molar-refractivity contribution >= 4 is 22.7 Å². The zero-order valence-corrected chi connectivity index (χ0v) is 13.4. The van der Waals surface area contributed by atoms with E-state index in [1.807, 2.05) is 26.8 Å². The van der Waals surface area contributed by atoms with Crippen molar-refractivity contribution in [2.45, 2.75) is 33.4 Å². The van der Waals surface area contributed by atoms with Gasteiger partial charge in [-0.3, -0.25) is 19.0 Å². The average Bonchev–Trinajstić information content (AvgIpc) is 2.48. The summed E-state index contributed by atoms with van der Waals surface area (Å²) in [6, 6.07) is 5.35. The molecule has 0 aliphatic rings. The van der Waals surface area contributed by atoms with Gasteiger partial charge in [-0.15, -0.1) is 0 Å². The van der Waals surface area contributed by atoms with E-state index in [9.17, 15) is 14.4 Å². The quantitative estimate of drug-likeness (QED) is 0.832. The predicted molar refractivity (Wildman–Crippen MR) is 87.0 cm³/mol. The molecule has 0 aliphatic carbocycles. The highest BCUT2D eigenvalue weighted by atomic mass is 16.2. The SMILES string of the molecule is Cc1cccc2c(=O)n(CC(=O)NCC(=O)NC(C)C)cnc12. The molecule has 2 amide bonds. The number of amides is 2. The van der Waals surface area contributed by atoms with E-state index in [2.05, 4.69) is 15.6 Å². The number of carbonyl (C=O) groups excluding carboxylic acids is 2. The number of carbonyl (C=O) groups is 2. The molecule has 0 saturated carbocycles. The second kappa shape index (κ2) is 7.04. The third-order valence-electron chi connectivity index (χ3n) is 3.26. The Hall–Kier alpha value is -2.70. The first-order valence-corrected chi connectivity index (χ1v) is 7.39. The van der Waals surface area contributed by atoms with Crippen molar-refractivity contribution in [1.29, 1.82) is 0 Å². The number of nitrogens with one attached hydrogen (secondary N) is 2. The van der Waals surface area contributed by atoms with Gasteiger partial charge in [0.05, 0.1) is 23.8 Å². The zero-order chi connectivity index (χ0) is 17.0. The van der Waals surface area contributed by atoms with Crippen LogP contribution >= 0.6 is 0 Å². The zero-order valence-electron chi connectivity index (χ0n) is 13.4. The summed E-state index contributed by atoms with van der Waals surface area (Å²) in [5.74, 6) is -0.687. The number of hydrogen-bond donors (Lipinski definition) is 2. The van der Waals surface area contributed by atoms with Gasteiger partial charge in [0.15, 0.2) is 0 Å². The molecular weight excluding hydrogens is 296 g/mol. The molecule has 0 radical (unpaired) electrons. The van der Waals surface area contributed by atoms with Gasteiger partial charge in [-0.25, -0.2) is 4.98 Å². The molecule has 1 aromatic carbocycles. The fourth-order valence-corrected chi connectivity index (χ4v) is 2.21. The Morgan fingerprint density at radius 2 is 2.00 bits per heavy atom. The molecule has 0 bridgehead atoms. The monoisotopic (exact) mass is 316 g/mol. The summed E-state index contributed by atoms with van der Waals surface area (Å²) in [5, 5.41) is 5.62. The lowest BCUT2D eigenvalue weighted by molar-refractivity contribution is -0.126. The number of benzene rings is 1. The Kier molecular flexibility index (Phi) is 5.10. The maximum absolute atomic E-state index is 12.4. The van der Waals surface area contributed by atoms with Crippen molar-refractivity contribution in [1.82, 2.24) is 20.2 Å². The minimum absolute atomic E-state index is 0.00921. The fourth-order valence-electron chi connectivity index (χ4n) is 2.21. The van der Waals surface area contributed by atoms with Crippen LogP contribution in [0.5, 0.6) is 0 Å². The molecule has 2 aromatic rings. The molecule has 0 saturated heterocycles. The van der Waals surface area contributed by atoms with Gasteiger partial charge in [0, 0.05) is 6.04 Å². The van der Waals surface area contributed by atoms with Crippen molar-refractivity contribution in [3.05, 3.63) is 40.4 Å². The number of nitrogens with zero attached hydrogens (tertiary/aromatic N) is 2. The Balaban J connectivity index is 2.07. The van der Waals surface area contributed by atoms with Crippen LogP contribution in [0.2, 0.25) is 0 Å². The van der Waals surface area contributed by atoms with Crippen molar-refractivity contribution < 1.29 is 9.59 Å². The summed E-state index contributed by atoms with van der Waals surface area (Å²) < 4.78 is 1.23. The lowest BCUT2D eigenvalue weighted by atomic mass is 10.1. The molecule has 1 aromatic heterocycles. The van der Waals surface area contributed by atoms with E-state index in [1.165, 1.54) is 10.9 Å². The number of aryl methyl sites for hydroxylation is 1. The second-order valence-electron chi connectivity index (χ2n) is 5.65. The molecule has 0 aliphatic heterocycles. The molecular formula is C16H20N4O3. The summed E-state index contributed by atoms with van der Waals surface area (Å²) in [4.78, 5) is 40.0. The van der Waals surface area contributed by atoms with E-state index < -0.39 is 5.91 Å². The van der Waals surface area contributed by atoms with Crippen molar-refractivity contribution in [3.63, 3.8) is 0 Å². The number of aromatic nitrogens is 2. The van der Waals surface area contributed by atoms with Crippen LogP contribution in [0.4, 0.5) is 0 Å². The van der Waals surface area contributed by atoms with E-state index in [-0.39, 0.29) is 30.6 Å². The molecule has 2 rings (SSSR count). The lowest BCUT2D eigenvalue weighted by Gasteiger charge is -2.10. The molecule has 0 unspecified atom stereocenters. The number of rotatable bonds is 5. The number of fused-ring (bicyclic) bond motifs is 1. The highest BCUT2D eigenvalue weighted by Crippen LogP contribution is 2.10. The van der Waals surface area contributed by atoms with E-state index in [0.717, 1.165) is 5.56 Å². The molecule has 2 N–H and O–H groups in total. The first-order valence-electron chi connectivity index (χ1n) is 7.39. The Bertz CT molecular complexity index is 796. The van der Waals surface area contributed by atoms with Gasteiger partial charge in [-0.1, -0.05) is 12.1 Å². The van der Waals surface area contributed by atoms with Crippen LogP contribution in [0.25, 0.3) is 10.9 Å². The van der Waals surface area contributed by atoms with E-state index in [0.29, 0.717) is 10.9 Å². The average molecular weight is 316 g/mol. The van der Waals surface area contributed by atoms with Gasteiger partial charge in [-0.05, 0) is 32.4 Å². The molecule has 1 heterocycles. The molecule has 7 heteroatoms. The minimum Gasteiger partial charge on any atom is -0.352 e.